The Labute approximate surface area is 95.7 Å². The van der Waals surface area contributed by atoms with E-state index in [9.17, 15) is 4.79 Å². The van der Waals surface area contributed by atoms with Crippen LogP contribution in [0.1, 0.15) is 5.56 Å². The van der Waals surface area contributed by atoms with E-state index >= 15 is 0 Å². The largest absolute Gasteiger partial charge is 0.465 e. The molecule has 4 heteroatoms. The number of anilines is 1. The van der Waals surface area contributed by atoms with Crippen molar-refractivity contribution in [2.24, 2.45) is 0 Å². The molecule has 1 rings (SSSR count). The van der Waals surface area contributed by atoms with E-state index in [4.69, 9.17) is 11.5 Å². The molecule has 0 aliphatic rings. The highest BCUT2D eigenvalue weighted by atomic mass is 127. The van der Waals surface area contributed by atoms with Crippen LogP contribution in [0.2, 0.25) is 0 Å². The lowest BCUT2D eigenvalue weighted by molar-refractivity contribution is 0.209. The molecule has 0 aromatic heterocycles. The van der Waals surface area contributed by atoms with Crippen LogP contribution in [-0.2, 0) is 6.42 Å². The number of rotatable bonds is 2. The summed E-state index contributed by atoms with van der Waals surface area (Å²) >= 11 is 2.13. The van der Waals surface area contributed by atoms with E-state index in [1.165, 1.54) is 0 Å². The first-order valence-corrected chi connectivity index (χ1v) is 4.94. The van der Waals surface area contributed by atoms with Gasteiger partial charge in [0.15, 0.2) is 0 Å². The van der Waals surface area contributed by atoms with Gasteiger partial charge in [-0.15, -0.1) is 12.3 Å². The molecule has 0 bridgehead atoms. The summed E-state index contributed by atoms with van der Waals surface area (Å²) in [5.74, 6) is 2.50. The van der Waals surface area contributed by atoms with Crippen LogP contribution in [0.3, 0.4) is 0 Å². The Kier molecular flexibility index (Phi) is 3.77. The minimum atomic E-state index is -1.08. The number of hydrogen-bond donors (Lipinski definition) is 2. The highest BCUT2D eigenvalue weighted by Crippen LogP contribution is 2.21. The molecule has 0 spiro atoms. The van der Waals surface area contributed by atoms with Crippen LogP contribution in [0, 0.1) is 15.9 Å². The lowest BCUT2D eigenvalue weighted by Gasteiger charge is -2.08. The molecule has 0 radical (unpaired) electrons. The zero-order valence-corrected chi connectivity index (χ0v) is 9.41. The van der Waals surface area contributed by atoms with Crippen molar-refractivity contribution >= 4 is 34.4 Å². The smallest absolute Gasteiger partial charge is 0.409 e. The summed E-state index contributed by atoms with van der Waals surface area (Å²) in [6.45, 7) is 0. The van der Waals surface area contributed by atoms with Gasteiger partial charge in [-0.05, 0) is 34.7 Å². The second-order valence-corrected chi connectivity index (χ2v) is 3.74. The number of nitrogens with one attached hydrogen (secondary N) is 1. The molecule has 14 heavy (non-hydrogen) atoms. The third-order valence-corrected chi connectivity index (χ3v) is 2.65. The van der Waals surface area contributed by atoms with Gasteiger partial charge in [-0.1, -0.05) is 6.07 Å². The Bertz CT molecular complexity index is 396. The van der Waals surface area contributed by atoms with Crippen LogP contribution in [0.25, 0.3) is 0 Å². The second-order valence-electron chi connectivity index (χ2n) is 2.58. The van der Waals surface area contributed by atoms with E-state index in [2.05, 4.69) is 33.8 Å². The lowest BCUT2D eigenvalue weighted by atomic mass is 10.1. The molecule has 0 heterocycles. The normalized spacial score (nSPS) is 9.14. The molecule has 1 aromatic carbocycles. The van der Waals surface area contributed by atoms with Crippen LogP contribution >= 0.6 is 22.6 Å². The number of halogens is 1. The molecule has 3 nitrogen and oxygen atoms in total. The average molecular weight is 301 g/mol. The quantitative estimate of drug-likeness (QED) is 0.651. The minimum absolute atomic E-state index is 0.425. The van der Waals surface area contributed by atoms with Gasteiger partial charge in [0.05, 0.1) is 0 Å². The fraction of sp³-hybridized carbons (Fsp3) is 0.100. The average Bonchev–Trinajstić information content (AvgIpc) is 2.10. The van der Waals surface area contributed by atoms with Crippen molar-refractivity contribution in [1.82, 2.24) is 0 Å². The van der Waals surface area contributed by atoms with Crippen LogP contribution in [0.15, 0.2) is 18.2 Å². The van der Waals surface area contributed by atoms with Crippen molar-refractivity contribution in [3.8, 4) is 12.3 Å². The van der Waals surface area contributed by atoms with Crippen molar-refractivity contribution in [3.05, 3.63) is 27.3 Å². The summed E-state index contributed by atoms with van der Waals surface area (Å²) in [6.07, 6.45) is 4.55. The van der Waals surface area contributed by atoms with Crippen molar-refractivity contribution in [1.29, 1.82) is 0 Å². The van der Waals surface area contributed by atoms with Gasteiger partial charge in [-0.2, -0.15) is 0 Å². The zero-order valence-electron chi connectivity index (χ0n) is 7.25. The molecule has 0 fully saturated rings. The maximum Gasteiger partial charge on any atom is 0.409 e. The third kappa shape index (κ3) is 2.64. The number of terminal acetylenes is 1. The third-order valence-electron chi connectivity index (χ3n) is 1.64. The van der Waals surface area contributed by atoms with Crippen LogP contribution in [0.4, 0.5) is 10.5 Å². The highest BCUT2D eigenvalue weighted by Gasteiger charge is 2.07. The van der Waals surface area contributed by atoms with Crippen LogP contribution in [0.5, 0.6) is 0 Å². The predicted octanol–water partition coefficient (Wildman–Crippen LogP) is 2.56. The minimum Gasteiger partial charge on any atom is -0.465 e. The number of hydrogen-bond acceptors (Lipinski definition) is 1. The van der Waals surface area contributed by atoms with Gasteiger partial charge in [0.25, 0.3) is 0 Å². The summed E-state index contributed by atoms with van der Waals surface area (Å²) < 4.78 is 0.965. The summed E-state index contributed by atoms with van der Waals surface area (Å²) in [5.41, 5.74) is 1.40. The van der Waals surface area contributed by atoms with Gasteiger partial charge in [-0.3, -0.25) is 5.32 Å². The van der Waals surface area contributed by atoms with Crippen molar-refractivity contribution in [2.45, 2.75) is 6.42 Å². The molecule has 0 atom stereocenters. The molecular weight excluding hydrogens is 293 g/mol. The fourth-order valence-electron chi connectivity index (χ4n) is 1.07. The Morgan fingerprint density at radius 1 is 1.64 bits per heavy atom. The fourth-order valence-corrected chi connectivity index (χ4v) is 1.76. The van der Waals surface area contributed by atoms with E-state index in [1.807, 2.05) is 6.07 Å². The number of benzene rings is 1. The van der Waals surface area contributed by atoms with Crippen molar-refractivity contribution in [2.75, 3.05) is 5.32 Å². The summed E-state index contributed by atoms with van der Waals surface area (Å²) in [6, 6.07) is 5.37. The molecule has 72 valence electrons. The number of amides is 1. The molecule has 0 aliphatic heterocycles. The molecule has 1 amide bonds. The van der Waals surface area contributed by atoms with E-state index in [0.717, 1.165) is 9.13 Å². The van der Waals surface area contributed by atoms with Gasteiger partial charge in [0.2, 0.25) is 0 Å². The Morgan fingerprint density at radius 3 is 2.93 bits per heavy atom. The lowest BCUT2D eigenvalue weighted by Crippen LogP contribution is -2.09. The monoisotopic (exact) mass is 301 g/mol. The maximum absolute atomic E-state index is 10.5. The summed E-state index contributed by atoms with van der Waals surface area (Å²) in [4.78, 5) is 10.5. The molecule has 0 saturated carbocycles. The topological polar surface area (TPSA) is 49.3 Å². The Hall–Kier alpha value is -1.22. The van der Waals surface area contributed by atoms with Gasteiger partial charge in [-0.25, -0.2) is 4.79 Å². The molecule has 0 saturated heterocycles. The molecule has 2 N–H and O–H groups in total. The van der Waals surface area contributed by atoms with Crippen molar-refractivity contribution in [3.63, 3.8) is 0 Å². The first kappa shape index (κ1) is 10.9. The zero-order chi connectivity index (χ0) is 10.6. The predicted molar refractivity (Wildman–Crippen MR) is 63.3 cm³/mol. The first-order valence-electron chi connectivity index (χ1n) is 3.86. The number of carboxylic acid groups (broad SMARTS) is 1. The Balaban J connectivity index is 3.08. The first-order chi connectivity index (χ1) is 6.65. The van der Waals surface area contributed by atoms with Crippen LogP contribution in [-0.4, -0.2) is 11.2 Å². The van der Waals surface area contributed by atoms with E-state index in [0.29, 0.717) is 12.1 Å². The van der Waals surface area contributed by atoms with Gasteiger partial charge < -0.3 is 5.11 Å². The van der Waals surface area contributed by atoms with Gasteiger partial charge >= 0.3 is 6.09 Å². The SMILES string of the molecule is C#CCc1c(I)cccc1NC(=O)O. The summed E-state index contributed by atoms with van der Waals surface area (Å²) in [7, 11) is 0. The standard InChI is InChI=1S/C10H8INO2/c1-2-4-7-8(11)5-3-6-9(7)12-10(13)14/h1,3,5-6,12H,4H2,(H,13,14). The second kappa shape index (κ2) is 4.86. The summed E-state index contributed by atoms with van der Waals surface area (Å²) in [5, 5.41) is 10.9. The number of carbonyl (C=O) groups is 1. The van der Waals surface area contributed by atoms with E-state index in [1.54, 1.807) is 12.1 Å². The van der Waals surface area contributed by atoms with Crippen LogP contribution < -0.4 is 5.32 Å². The molecule has 0 aliphatic carbocycles. The Morgan fingerprint density at radius 2 is 2.36 bits per heavy atom. The maximum atomic E-state index is 10.5. The van der Waals surface area contributed by atoms with Gasteiger partial charge in [0.1, 0.15) is 0 Å². The van der Waals surface area contributed by atoms with E-state index in [-0.39, 0.29) is 0 Å². The van der Waals surface area contributed by atoms with Crippen molar-refractivity contribution < 1.29 is 9.90 Å². The molecule has 1 aromatic rings. The molecular formula is C10H8INO2. The van der Waals surface area contributed by atoms with Gasteiger partial charge in [0, 0.05) is 21.2 Å². The highest BCUT2D eigenvalue weighted by molar-refractivity contribution is 14.1. The van der Waals surface area contributed by atoms with E-state index < -0.39 is 6.09 Å². The molecule has 0 unspecified atom stereocenters.